The van der Waals surface area contributed by atoms with Gasteiger partial charge in [-0.1, -0.05) is 6.92 Å². The van der Waals surface area contributed by atoms with E-state index in [-0.39, 0.29) is 13.2 Å². The van der Waals surface area contributed by atoms with Crippen molar-refractivity contribution in [2.45, 2.75) is 19.4 Å². The summed E-state index contributed by atoms with van der Waals surface area (Å²) in [6.45, 7) is 1.95. The maximum atomic E-state index is 10.8. The standard InChI is InChI=1S/C7H14N2O4/c1-2-3-13-7(12)9-5(4-8)6(10)11/h5H,2-4,8H2,1H3,(H,9,12)(H,10,11). The number of nitrogens with one attached hydrogen (secondary N) is 1. The first-order valence-corrected chi connectivity index (χ1v) is 3.98. The zero-order valence-corrected chi connectivity index (χ0v) is 7.45. The Morgan fingerprint density at radius 2 is 2.23 bits per heavy atom. The normalized spacial score (nSPS) is 11.8. The maximum Gasteiger partial charge on any atom is 0.407 e. The molecule has 13 heavy (non-hydrogen) atoms. The molecule has 0 aromatic rings. The second kappa shape index (κ2) is 6.24. The van der Waals surface area contributed by atoms with Crippen LogP contribution in [0.25, 0.3) is 0 Å². The molecule has 1 atom stereocenters. The quantitative estimate of drug-likeness (QED) is 0.544. The van der Waals surface area contributed by atoms with Gasteiger partial charge in [0.25, 0.3) is 0 Å². The maximum absolute atomic E-state index is 10.8. The SMILES string of the molecule is CCCOC(=O)NC(CN)C(=O)O. The molecule has 0 saturated heterocycles. The van der Waals surface area contributed by atoms with E-state index in [0.717, 1.165) is 0 Å². The van der Waals surface area contributed by atoms with E-state index in [9.17, 15) is 9.59 Å². The van der Waals surface area contributed by atoms with Crippen LogP contribution in [0.5, 0.6) is 0 Å². The number of amides is 1. The molecule has 6 nitrogen and oxygen atoms in total. The van der Waals surface area contributed by atoms with Crippen LogP contribution in [-0.4, -0.2) is 36.4 Å². The predicted molar refractivity (Wildman–Crippen MR) is 45.3 cm³/mol. The Kier molecular flexibility index (Phi) is 5.62. The van der Waals surface area contributed by atoms with Crippen LogP contribution in [0.4, 0.5) is 4.79 Å². The van der Waals surface area contributed by atoms with Crippen molar-refractivity contribution in [2.75, 3.05) is 13.2 Å². The van der Waals surface area contributed by atoms with Crippen LogP contribution in [0.1, 0.15) is 13.3 Å². The summed E-state index contributed by atoms with van der Waals surface area (Å²) in [5, 5.41) is 10.6. The minimum Gasteiger partial charge on any atom is -0.480 e. The van der Waals surface area contributed by atoms with Gasteiger partial charge in [-0.25, -0.2) is 9.59 Å². The monoisotopic (exact) mass is 190 g/mol. The van der Waals surface area contributed by atoms with Gasteiger partial charge in [-0.3, -0.25) is 0 Å². The third-order valence-corrected chi connectivity index (χ3v) is 1.26. The Morgan fingerprint density at radius 3 is 2.62 bits per heavy atom. The fraction of sp³-hybridized carbons (Fsp3) is 0.714. The highest BCUT2D eigenvalue weighted by Gasteiger charge is 2.18. The highest BCUT2D eigenvalue weighted by Crippen LogP contribution is 1.86. The zero-order valence-electron chi connectivity index (χ0n) is 7.45. The van der Waals surface area contributed by atoms with Gasteiger partial charge >= 0.3 is 12.1 Å². The molecule has 0 aliphatic heterocycles. The van der Waals surface area contributed by atoms with Gasteiger partial charge in [0.15, 0.2) is 0 Å². The zero-order chi connectivity index (χ0) is 10.3. The number of hydrogen-bond donors (Lipinski definition) is 3. The summed E-state index contributed by atoms with van der Waals surface area (Å²) < 4.78 is 4.60. The topological polar surface area (TPSA) is 102 Å². The van der Waals surface area contributed by atoms with Crippen molar-refractivity contribution in [2.24, 2.45) is 5.73 Å². The van der Waals surface area contributed by atoms with Crippen molar-refractivity contribution in [1.29, 1.82) is 0 Å². The average molecular weight is 190 g/mol. The number of carbonyl (C=O) groups is 2. The molecule has 0 radical (unpaired) electrons. The van der Waals surface area contributed by atoms with E-state index < -0.39 is 18.1 Å². The molecule has 1 unspecified atom stereocenters. The molecule has 1 amide bonds. The van der Waals surface area contributed by atoms with Gasteiger partial charge in [-0.05, 0) is 6.42 Å². The number of rotatable bonds is 5. The molecule has 0 bridgehead atoms. The molecule has 0 aliphatic carbocycles. The number of ether oxygens (including phenoxy) is 1. The van der Waals surface area contributed by atoms with Gasteiger partial charge in [-0.2, -0.15) is 0 Å². The van der Waals surface area contributed by atoms with Crippen LogP contribution in [0.15, 0.2) is 0 Å². The van der Waals surface area contributed by atoms with Gasteiger partial charge in [0, 0.05) is 6.54 Å². The fourth-order valence-electron chi connectivity index (χ4n) is 0.600. The Morgan fingerprint density at radius 1 is 1.62 bits per heavy atom. The number of carboxylic acid groups (broad SMARTS) is 1. The van der Waals surface area contributed by atoms with E-state index in [1.54, 1.807) is 0 Å². The number of nitrogens with two attached hydrogens (primary N) is 1. The van der Waals surface area contributed by atoms with Crippen LogP contribution < -0.4 is 11.1 Å². The molecule has 0 saturated carbocycles. The Bertz CT molecular complexity index is 183. The van der Waals surface area contributed by atoms with Crippen molar-refractivity contribution in [3.63, 3.8) is 0 Å². The number of carboxylic acids is 1. The molecule has 0 aliphatic rings. The Labute approximate surface area is 76.0 Å². The molecule has 6 heteroatoms. The van der Waals surface area contributed by atoms with Crippen LogP contribution >= 0.6 is 0 Å². The number of aliphatic carboxylic acids is 1. The minimum absolute atomic E-state index is 0.156. The molecule has 0 spiro atoms. The van der Waals surface area contributed by atoms with Crippen molar-refractivity contribution in [3.05, 3.63) is 0 Å². The lowest BCUT2D eigenvalue weighted by atomic mass is 10.3. The average Bonchev–Trinajstić information content (AvgIpc) is 2.10. The van der Waals surface area contributed by atoms with Gasteiger partial charge in [0.05, 0.1) is 6.61 Å². The van der Waals surface area contributed by atoms with Crippen molar-refractivity contribution >= 4 is 12.1 Å². The van der Waals surface area contributed by atoms with E-state index in [2.05, 4.69) is 10.1 Å². The second-order valence-corrected chi connectivity index (χ2v) is 2.41. The van der Waals surface area contributed by atoms with Gasteiger partial charge in [-0.15, -0.1) is 0 Å². The highest BCUT2D eigenvalue weighted by atomic mass is 16.5. The van der Waals surface area contributed by atoms with Crippen LogP contribution in [0.3, 0.4) is 0 Å². The summed E-state index contributed by atoms with van der Waals surface area (Å²) in [6, 6.07) is -1.08. The molecule has 0 fully saturated rings. The molecule has 0 aromatic heterocycles. The van der Waals surface area contributed by atoms with Crippen LogP contribution in [-0.2, 0) is 9.53 Å². The fourth-order valence-corrected chi connectivity index (χ4v) is 0.600. The summed E-state index contributed by atoms with van der Waals surface area (Å²) >= 11 is 0. The summed E-state index contributed by atoms with van der Waals surface area (Å²) in [5.41, 5.74) is 5.10. The summed E-state index contributed by atoms with van der Waals surface area (Å²) in [7, 11) is 0. The molecule has 0 aromatic carbocycles. The summed E-state index contributed by atoms with van der Waals surface area (Å²) in [4.78, 5) is 21.2. The first-order valence-electron chi connectivity index (χ1n) is 3.98. The largest absolute Gasteiger partial charge is 0.480 e. The summed E-state index contributed by atoms with van der Waals surface area (Å²) in [5.74, 6) is -1.17. The minimum atomic E-state index is -1.17. The number of alkyl carbamates (subject to hydrolysis) is 1. The third kappa shape index (κ3) is 5.02. The van der Waals surface area contributed by atoms with E-state index in [0.29, 0.717) is 6.42 Å². The van der Waals surface area contributed by atoms with E-state index in [1.807, 2.05) is 6.92 Å². The van der Waals surface area contributed by atoms with E-state index >= 15 is 0 Å². The lowest BCUT2D eigenvalue weighted by Crippen LogP contribution is -2.45. The Hall–Kier alpha value is -1.30. The van der Waals surface area contributed by atoms with Crippen molar-refractivity contribution in [1.82, 2.24) is 5.32 Å². The van der Waals surface area contributed by atoms with Gasteiger partial charge < -0.3 is 20.9 Å². The molecule has 0 rings (SSSR count). The lowest BCUT2D eigenvalue weighted by molar-refractivity contribution is -0.139. The molecule has 0 heterocycles. The molecular formula is C7H14N2O4. The highest BCUT2D eigenvalue weighted by molar-refractivity contribution is 5.80. The van der Waals surface area contributed by atoms with Gasteiger partial charge in [0.1, 0.15) is 6.04 Å². The molecule has 76 valence electrons. The third-order valence-electron chi connectivity index (χ3n) is 1.26. The molecule has 4 N–H and O–H groups in total. The second-order valence-electron chi connectivity index (χ2n) is 2.41. The predicted octanol–water partition coefficient (Wildman–Crippen LogP) is -0.465. The van der Waals surface area contributed by atoms with Crippen molar-refractivity contribution < 1.29 is 19.4 Å². The Balaban J connectivity index is 3.80. The first kappa shape index (κ1) is 11.7. The summed E-state index contributed by atoms with van der Waals surface area (Å²) in [6.07, 6.45) is -0.0620. The van der Waals surface area contributed by atoms with Crippen LogP contribution in [0.2, 0.25) is 0 Å². The first-order chi connectivity index (χ1) is 6.11. The van der Waals surface area contributed by atoms with E-state index in [4.69, 9.17) is 10.8 Å². The van der Waals surface area contributed by atoms with Crippen molar-refractivity contribution in [3.8, 4) is 0 Å². The smallest absolute Gasteiger partial charge is 0.407 e. The lowest BCUT2D eigenvalue weighted by Gasteiger charge is -2.11. The van der Waals surface area contributed by atoms with E-state index in [1.165, 1.54) is 0 Å². The number of hydrogen-bond acceptors (Lipinski definition) is 4. The van der Waals surface area contributed by atoms with Crippen LogP contribution in [0, 0.1) is 0 Å². The van der Waals surface area contributed by atoms with Gasteiger partial charge in [0.2, 0.25) is 0 Å². The number of carbonyl (C=O) groups excluding carboxylic acids is 1. The molecular weight excluding hydrogens is 176 g/mol.